The van der Waals surface area contributed by atoms with Crippen LogP contribution in [0.15, 0.2) is 12.1 Å². The van der Waals surface area contributed by atoms with Gasteiger partial charge in [0.05, 0.1) is 5.33 Å². The fourth-order valence-corrected chi connectivity index (χ4v) is 1.34. The van der Waals surface area contributed by atoms with Gasteiger partial charge in [-0.25, -0.2) is 4.98 Å². The van der Waals surface area contributed by atoms with E-state index in [1.165, 1.54) is 0 Å². The van der Waals surface area contributed by atoms with E-state index in [-0.39, 0.29) is 5.78 Å². The fraction of sp³-hybridized carbons (Fsp3) is 0.333. The maximum absolute atomic E-state index is 11.2. The lowest BCUT2D eigenvalue weighted by atomic mass is 10.2. The van der Waals surface area contributed by atoms with Crippen molar-refractivity contribution in [3.63, 3.8) is 0 Å². The first kappa shape index (κ1) is 9.39. The summed E-state index contributed by atoms with van der Waals surface area (Å²) in [6.45, 7) is 3.84. The van der Waals surface area contributed by atoms with Crippen LogP contribution in [0.2, 0.25) is 0 Å². The van der Waals surface area contributed by atoms with Gasteiger partial charge in [-0.3, -0.25) is 4.79 Å². The Hall–Kier alpha value is -0.700. The maximum atomic E-state index is 11.2. The molecule has 0 N–H and O–H groups in total. The molecule has 0 aliphatic heterocycles. The third-order valence-electron chi connectivity index (χ3n) is 1.50. The summed E-state index contributed by atoms with van der Waals surface area (Å²) >= 11 is 3.11. The Kier molecular flexibility index (Phi) is 2.98. The molecule has 0 saturated heterocycles. The zero-order chi connectivity index (χ0) is 9.14. The smallest absolute Gasteiger partial charge is 0.191 e. The van der Waals surface area contributed by atoms with E-state index in [0.29, 0.717) is 11.0 Å². The van der Waals surface area contributed by atoms with Gasteiger partial charge < -0.3 is 0 Å². The molecule has 2 nitrogen and oxygen atoms in total. The molecule has 0 aliphatic rings. The summed E-state index contributed by atoms with van der Waals surface area (Å²) in [7, 11) is 0. The van der Waals surface area contributed by atoms with E-state index in [4.69, 9.17) is 0 Å². The number of carbonyl (C=O) groups is 1. The lowest BCUT2D eigenvalue weighted by Gasteiger charge is -2.00. The van der Waals surface area contributed by atoms with Crippen LogP contribution in [0.1, 0.15) is 21.7 Å². The summed E-state index contributed by atoms with van der Waals surface area (Å²) < 4.78 is 0. The maximum Gasteiger partial charge on any atom is 0.191 e. The number of ketones is 1. The topological polar surface area (TPSA) is 30.0 Å². The minimum Gasteiger partial charge on any atom is -0.291 e. The van der Waals surface area contributed by atoms with Gasteiger partial charge in [-0.1, -0.05) is 15.9 Å². The highest BCUT2D eigenvalue weighted by atomic mass is 79.9. The second kappa shape index (κ2) is 3.81. The number of aromatic nitrogens is 1. The molecule has 0 aromatic carbocycles. The average Bonchev–Trinajstić information content (AvgIpc) is 2.01. The molecule has 1 rings (SSSR count). The quantitative estimate of drug-likeness (QED) is 0.574. The third kappa shape index (κ3) is 2.14. The van der Waals surface area contributed by atoms with Crippen molar-refractivity contribution in [2.45, 2.75) is 13.8 Å². The monoisotopic (exact) mass is 227 g/mol. The van der Waals surface area contributed by atoms with Gasteiger partial charge in [0.1, 0.15) is 5.69 Å². The van der Waals surface area contributed by atoms with E-state index in [0.717, 1.165) is 11.3 Å². The molecule has 0 atom stereocenters. The van der Waals surface area contributed by atoms with Crippen LogP contribution in [0.4, 0.5) is 0 Å². The Labute approximate surface area is 80.1 Å². The highest BCUT2D eigenvalue weighted by molar-refractivity contribution is 9.09. The Balaban J connectivity index is 3.08. The first-order valence-electron chi connectivity index (χ1n) is 3.68. The average molecular weight is 228 g/mol. The summed E-state index contributed by atoms with van der Waals surface area (Å²) in [6, 6.07) is 3.75. The first-order chi connectivity index (χ1) is 5.63. The molecule has 0 bridgehead atoms. The number of hydrogen-bond acceptors (Lipinski definition) is 2. The molecule has 0 amide bonds. The summed E-state index contributed by atoms with van der Waals surface area (Å²) in [5.74, 6) is 0.0294. The van der Waals surface area contributed by atoms with Gasteiger partial charge in [0.2, 0.25) is 0 Å². The largest absolute Gasteiger partial charge is 0.291 e. The SMILES string of the molecule is Cc1cc(C)nc(C(=O)CBr)c1. The van der Waals surface area contributed by atoms with Crippen LogP contribution in [0.25, 0.3) is 0 Å². The van der Waals surface area contributed by atoms with Crippen molar-refractivity contribution in [2.75, 3.05) is 5.33 Å². The van der Waals surface area contributed by atoms with E-state index in [9.17, 15) is 4.79 Å². The normalized spacial score (nSPS) is 9.92. The number of aryl methyl sites for hydroxylation is 2. The van der Waals surface area contributed by atoms with E-state index in [1.54, 1.807) is 6.07 Å². The van der Waals surface area contributed by atoms with Crippen LogP contribution in [0.3, 0.4) is 0 Å². The molecule has 1 aromatic rings. The summed E-state index contributed by atoms with van der Waals surface area (Å²) in [5.41, 5.74) is 2.51. The third-order valence-corrected chi connectivity index (χ3v) is 2.01. The molecule has 64 valence electrons. The predicted octanol–water partition coefficient (Wildman–Crippen LogP) is 2.28. The summed E-state index contributed by atoms with van der Waals surface area (Å²) in [4.78, 5) is 15.3. The van der Waals surface area contributed by atoms with Crippen LogP contribution in [0, 0.1) is 13.8 Å². The zero-order valence-electron chi connectivity index (χ0n) is 7.10. The lowest BCUT2D eigenvalue weighted by Crippen LogP contribution is -2.04. The van der Waals surface area contributed by atoms with Gasteiger partial charge in [0.25, 0.3) is 0 Å². The van der Waals surface area contributed by atoms with Crippen LogP contribution in [-0.2, 0) is 0 Å². The molecule has 0 radical (unpaired) electrons. The molecule has 0 spiro atoms. The molecule has 1 heterocycles. The van der Waals surface area contributed by atoms with Crippen LogP contribution in [0.5, 0.6) is 0 Å². The number of nitrogens with zero attached hydrogens (tertiary/aromatic N) is 1. The Morgan fingerprint density at radius 3 is 2.67 bits per heavy atom. The highest BCUT2D eigenvalue weighted by Crippen LogP contribution is 2.05. The Morgan fingerprint density at radius 1 is 1.50 bits per heavy atom. The molecule has 0 aliphatic carbocycles. The van der Waals surface area contributed by atoms with Crippen molar-refractivity contribution in [2.24, 2.45) is 0 Å². The van der Waals surface area contributed by atoms with Crippen molar-refractivity contribution in [3.8, 4) is 0 Å². The summed E-state index contributed by atoms with van der Waals surface area (Å²) in [5, 5.41) is 0.336. The highest BCUT2D eigenvalue weighted by Gasteiger charge is 2.05. The van der Waals surface area contributed by atoms with E-state index in [2.05, 4.69) is 20.9 Å². The number of alkyl halides is 1. The molecule has 0 unspecified atom stereocenters. The van der Waals surface area contributed by atoms with Crippen molar-refractivity contribution >= 4 is 21.7 Å². The van der Waals surface area contributed by atoms with E-state index < -0.39 is 0 Å². The second-order valence-electron chi connectivity index (χ2n) is 2.73. The van der Waals surface area contributed by atoms with Gasteiger partial charge in [-0.15, -0.1) is 0 Å². The van der Waals surface area contributed by atoms with Gasteiger partial charge in [0, 0.05) is 5.69 Å². The van der Waals surface area contributed by atoms with Crippen LogP contribution in [-0.4, -0.2) is 16.1 Å². The van der Waals surface area contributed by atoms with E-state index in [1.807, 2.05) is 19.9 Å². The van der Waals surface area contributed by atoms with E-state index >= 15 is 0 Å². The van der Waals surface area contributed by atoms with Gasteiger partial charge in [-0.2, -0.15) is 0 Å². The fourth-order valence-electron chi connectivity index (χ4n) is 1.05. The zero-order valence-corrected chi connectivity index (χ0v) is 8.68. The molecular formula is C9H10BrNO. The first-order valence-corrected chi connectivity index (χ1v) is 4.80. The van der Waals surface area contributed by atoms with Crippen molar-refractivity contribution < 1.29 is 4.79 Å². The molecule has 12 heavy (non-hydrogen) atoms. The van der Waals surface area contributed by atoms with Crippen LogP contribution < -0.4 is 0 Å². The molecule has 0 fully saturated rings. The minimum absolute atomic E-state index is 0.0294. The predicted molar refractivity (Wildman–Crippen MR) is 51.8 cm³/mol. The number of rotatable bonds is 2. The Morgan fingerprint density at radius 2 is 2.17 bits per heavy atom. The van der Waals surface area contributed by atoms with Crippen LogP contribution >= 0.6 is 15.9 Å². The molecule has 1 aromatic heterocycles. The van der Waals surface area contributed by atoms with Gasteiger partial charge in [0.15, 0.2) is 5.78 Å². The molecular weight excluding hydrogens is 218 g/mol. The minimum atomic E-state index is 0.0294. The molecule has 0 saturated carbocycles. The number of carbonyl (C=O) groups excluding carboxylic acids is 1. The number of hydrogen-bond donors (Lipinski definition) is 0. The van der Waals surface area contributed by atoms with Gasteiger partial charge >= 0.3 is 0 Å². The van der Waals surface area contributed by atoms with Gasteiger partial charge in [-0.05, 0) is 31.5 Å². The molecule has 3 heteroatoms. The Bertz CT molecular complexity index is 289. The van der Waals surface area contributed by atoms with Crippen molar-refractivity contribution in [3.05, 3.63) is 29.1 Å². The summed E-state index contributed by atoms with van der Waals surface area (Å²) in [6.07, 6.45) is 0. The number of pyridine rings is 1. The van der Waals surface area contributed by atoms with Crippen molar-refractivity contribution in [1.29, 1.82) is 0 Å². The second-order valence-corrected chi connectivity index (χ2v) is 3.29. The van der Waals surface area contributed by atoms with Crippen molar-refractivity contribution in [1.82, 2.24) is 4.98 Å². The number of Topliss-reactive ketones (excluding diaryl/α,β-unsaturated/α-hetero) is 1. The lowest BCUT2D eigenvalue weighted by molar-refractivity contribution is 0.101. The standard InChI is InChI=1S/C9H10BrNO/c1-6-3-7(2)11-8(4-6)9(12)5-10/h3-4H,5H2,1-2H3. The number of halogens is 1.